The Balaban J connectivity index is 1.03. The number of aryl methyl sites for hydroxylation is 4. The van der Waals surface area contributed by atoms with Crippen molar-refractivity contribution >= 4 is 33.5 Å². The number of oxazole rings is 2. The lowest BCUT2D eigenvalue weighted by molar-refractivity contribution is 0.539. The minimum atomic E-state index is 0.680. The van der Waals surface area contributed by atoms with Gasteiger partial charge in [0.25, 0.3) is 0 Å². The highest BCUT2D eigenvalue weighted by Crippen LogP contribution is 2.38. The SMILES string of the molecule is CCCCCCCCCCCCCCCc1cc(C)c2oc(-c3ccc(-c4nc5cc(CCCCCCCCCCCCCCC)cc(C)c5o4)s3)nc2c1. The number of fused-ring (bicyclic) bond motifs is 2. The second-order valence-electron chi connectivity index (χ2n) is 16.7. The summed E-state index contributed by atoms with van der Waals surface area (Å²) in [5.41, 5.74) is 8.79. The van der Waals surface area contributed by atoms with E-state index in [4.69, 9.17) is 18.8 Å². The summed E-state index contributed by atoms with van der Waals surface area (Å²) in [6.45, 7) is 8.89. The average Bonchev–Trinajstić information content (AvgIpc) is 3.95. The maximum absolute atomic E-state index is 6.35. The Labute approximate surface area is 338 Å². The minimum absolute atomic E-state index is 0.680. The van der Waals surface area contributed by atoms with E-state index in [1.165, 1.54) is 189 Å². The lowest BCUT2D eigenvalue weighted by Crippen LogP contribution is -1.89. The summed E-state index contributed by atoms with van der Waals surface area (Å²) in [6, 6.07) is 13.3. The van der Waals surface area contributed by atoms with Crippen LogP contribution in [-0.2, 0) is 12.8 Å². The smallest absolute Gasteiger partial charge is 0.237 e. The van der Waals surface area contributed by atoms with Crippen molar-refractivity contribution in [3.63, 3.8) is 0 Å². The van der Waals surface area contributed by atoms with Crippen LogP contribution in [0.4, 0.5) is 0 Å². The van der Waals surface area contributed by atoms with Crippen molar-refractivity contribution in [2.45, 2.75) is 207 Å². The molecule has 0 atom stereocenters. The molecule has 55 heavy (non-hydrogen) atoms. The third-order valence-corrected chi connectivity index (χ3v) is 12.7. The van der Waals surface area contributed by atoms with Crippen LogP contribution >= 0.6 is 11.3 Å². The van der Waals surface area contributed by atoms with Crippen LogP contribution in [-0.4, -0.2) is 9.97 Å². The lowest BCUT2D eigenvalue weighted by Gasteiger charge is -2.04. The van der Waals surface area contributed by atoms with Crippen LogP contribution in [0.3, 0.4) is 0 Å². The van der Waals surface area contributed by atoms with Crippen molar-refractivity contribution in [3.05, 3.63) is 58.7 Å². The number of benzene rings is 2. The largest absolute Gasteiger partial charge is 0.435 e. The molecule has 3 aromatic heterocycles. The molecule has 0 amide bonds. The van der Waals surface area contributed by atoms with Crippen LogP contribution in [0.1, 0.15) is 203 Å². The van der Waals surface area contributed by atoms with E-state index < -0.39 is 0 Å². The van der Waals surface area contributed by atoms with Crippen molar-refractivity contribution in [3.8, 4) is 21.5 Å². The zero-order chi connectivity index (χ0) is 38.5. The summed E-state index contributed by atoms with van der Waals surface area (Å²) in [5, 5.41) is 0. The first-order chi connectivity index (χ1) is 27.1. The van der Waals surface area contributed by atoms with Gasteiger partial charge in [-0.05, 0) is 86.1 Å². The standard InChI is InChI=1S/C50H74N2O2S/c1-5-7-9-11-13-15-17-19-21-23-25-27-29-31-41-35-39(3)47-43(37-41)51-49(53-47)45-33-34-46(55-45)50-52-44-38-42(36-40(4)48(44)54-50)32-30-28-26-24-22-20-18-16-14-12-10-8-6-2/h33-38H,5-32H2,1-4H3. The summed E-state index contributed by atoms with van der Waals surface area (Å²) in [7, 11) is 0. The predicted octanol–water partition coefficient (Wildman–Crippen LogP) is 17.2. The minimum Gasteiger partial charge on any atom is -0.435 e. The zero-order valence-electron chi connectivity index (χ0n) is 35.4. The Morgan fingerprint density at radius 1 is 0.418 bits per heavy atom. The van der Waals surface area contributed by atoms with E-state index in [-0.39, 0.29) is 0 Å². The van der Waals surface area contributed by atoms with Gasteiger partial charge in [-0.3, -0.25) is 0 Å². The third-order valence-electron chi connectivity index (χ3n) is 11.6. The molecule has 0 bridgehead atoms. The van der Waals surface area contributed by atoms with E-state index in [9.17, 15) is 0 Å². The van der Waals surface area contributed by atoms with Crippen LogP contribution in [0.25, 0.3) is 43.7 Å². The fourth-order valence-corrected chi connectivity index (χ4v) is 9.17. The highest BCUT2D eigenvalue weighted by atomic mass is 32.1. The first-order valence-electron chi connectivity index (χ1n) is 23.0. The van der Waals surface area contributed by atoms with Crippen molar-refractivity contribution in [1.82, 2.24) is 9.97 Å². The molecule has 0 spiro atoms. The molecule has 3 heterocycles. The van der Waals surface area contributed by atoms with Gasteiger partial charge < -0.3 is 8.83 Å². The van der Waals surface area contributed by atoms with Crippen molar-refractivity contribution in [2.24, 2.45) is 0 Å². The molecule has 302 valence electrons. The Morgan fingerprint density at radius 2 is 0.727 bits per heavy atom. The number of aromatic nitrogens is 2. The van der Waals surface area contributed by atoms with E-state index in [1.807, 2.05) is 0 Å². The molecule has 0 saturated heterocycles. The summed E-state index contributed by atoms with van der Waals surface area (Å²) < 4.78 is 12.7. The van der Waals surface area contributed by atoms with Crippen molar-refractivity contribution < 1.29 is 8.83 Å². The molecule has 0 aliphatic carbocycles. The lowest BCUT2D eigenvalue weighted by atomic mass is 10.0. The van der Waals surface area contributed by atoms with Gasteiger partial charge in [-0.15, -0.1) is 11.3 Å². The molecule has 0 saturated carbocycles. The van der Waals surface area contributed by atoms with Crippen LogP contribution in [0.2, 0.25) is 0 Å². The molecule has 0 aliphatic rings. The summed E-state index contributed by atoms with van der Waals surface area (Å²) in [5.74, 6) is 1.36. The average molecular weight is 767 g/mol. The topological polar surface area (TPSA) is 52.1 Å². The predicted molar refractivity (Wildman–Crippen MR) is 239 cm³/mol. The van der Waals surface area contributed by atoms with Gasteiger partial charge in [0.1, 0.15) is 11.0 Å². The zero-order valence-corrected chi connectivity index (χ0v) is 36.2. The normalized spacial score (nSPS) is 11.9. The molecular formula is C50H74N2O2S. The van der Waals surface area contributed by atoms with Crippen molar-refractivity contribution in [2.75, 3.05) is 0 Å². The second-order valence-corrected chi connectivity index (χ2v) is 17.8. The highest BCUT2D eigenvalue weighted by molar-refractivity contribution is 7.18. The van der Waals surface area contributed by atoms with Gasteiger partial charge in [-0.25, -0.2) is 9.97 Å². The Morgan fingerprint density at radius 3 is 1.05 bits per heavy atom. The fourth-order valence-electron chi connectivity index (χ4n) is 8.31. The third kappa shape index (κ3) is 14.5. The highest BCUT2D eigenvalue weighted by Gasteiger charge is 2.18. The van der Waals surface area contributed by atoms with Gasteiger partial charge in [0, 0.05) is 0 Å². The molecule has 2 aromatic carbocycles. The second kappa shape index (κ2) is 24.7. The van der Waals surface area contributed by atoms with Gasteiger partial charge in [0.15, 0.2) is 11.2 Å². The molecule has 0 aliphatic heterocycles. The molecule has 0 N–H and O–H groups in total. The van der Waals surface area contributed by atoms with E-state index in [1.54, 1.807) is 11.3 Å². The molecule has 5 aromatic rings. The fraction of sp³-hybridized carbons (Fsp3) is 0.640. The van der Waals surface area contributed by atoms with Gasteiger partial charge in [0.2, 0.25) is 11.8 Å². The Kier molecular flexibility index (Phi) is 19.4. The quantitative estimate of drug-likeness (QED) is 0.0437. The van der Waals surface area contributed by atoms with E-state index in [0.29, 0.717) is 11.8 Å². The van der Waals surface area contributed by atoms with E-state index >= 15 is 0 Å². The number of rotatable bonds is 30. The molecule has 0 radical (unpaired) electrons. The number of unbranched alkanes of at least 4 members (excludes halogenated alkanes) is 24. The maximum Gasteiger partial charge on any atom is 0.237 e. The molecule has 5 heteroatoms. The first kappa shape index (κ1) is 43.2. The van der Waals surface area contributed by atoms with Crippen molar-refractivity contribution in [1.29, 1.82) is 0 Å². The Hall–Kier alpha value is -2.92. The van der Waals surface area contributed by atoms with E-state index in [0.717, 1.165) is 44.8 Å². The summed E-state index contributed by atoms with van der Waals surface area (Å²) in [6.07, 6.45) is 38.3. The van der Waals surface area contributed by atoms with Gasteiger partial charge in [0.05, 0.1) is 9.75 Å². The number of hydrogen-bond donors (Lipinski definition) is 0. The van der Waals surface area contributed by atoms with Crippen LogP contribution < -0.4 is 0 Å². The number of thiophene rings is 1. The summed E-state index contributed by atoms with van der Waals surface area (Å²) in [4.78, 5) is 11.9. The van der Waals surface area contributed by atoms with Crippen LogP contribution in [0.5, 0.6) is 0 Å². The van der Waals surface area contributed by atoms with E-state index in [2.05, 4.69) is 64.1 Å². The molecule has 0 fully saturated rings. The Bertz CT molecular complexity index is 1670. The molecule has 4 nitrogen and oxygen atoms in total. The van der Waals surface area contributed by atoms with Gasteiger partial charge >= 0.3 is 0 Å². The van der Waals surface area contributed by atoms with Gasteiger partial charge in [-0.2, -0.15) is 0 Å². The van der Waals surface area contributed by atoms with Crippen LogP contribution in [0, 0.1) is 13.8 Å². The van der Waals surface area contributed by atoms with Crippen LogP contribution in [0.15, 0.2) is 45.2 Å². The first-order valence-corrected chi connectivity index (χ1v) is 23.8. The summed E-state index contributed by atoms with van der Waals surface area (Å²) >= 11 is 1.64. The maximum atomic E-state index is 6.35. The monoisotopic (exact) mass is 767 g/mol. The number of nitrogens with zero attached hydrogens (tertiary/aromatic N) is 2. The van der Waals surface area contributed by atoms with Gasteiger partial charge in [-0.1, -0.05) is 180 Å². The molecular weight excluding hydrogens is 693 g/mol. The number of hydrogen-bond acceptors (Lipinski definition) is 5. The molecule has 5 rings (SSSR count). The molecule has 0 unspecified atom stereocenters.